The molecule has 1 aliphatic heterocycles. The quantitative estimate of drug-likeness (QED) is 0.427. The second kappa shape index (κ2) is 7.56. The number of amides is 1. The SMILES string of the molecule is Cc1ccc(-c2csc(N3C(=O)c4ccccc4N[C@@H]3c3ccccc3O)n2)cc1C. The van der Waals surface area contributed by atoms with Crippen LogP contribution >= 0.6 is 11.3 Å². The Balaban J connectivity index is 1.61. The molecule has 0 unspecified atom stereocenters. The van der Waals surface area contributed by atoms with Crippen LogP contribution in [0.4, 0.5) is 10.8 Å². The first-order valence-electron chi connectivity index (χ1n) is 10.0. The number of para-hydroxylation sites is 2. The maximum atomic E-state index is 13.5. The summed E-state index contributed by atoms with van der Waals surface area (Å²) in [5.74, 6) is -0.0216. The smallest absolute Gasteiger partial charge is 0.264 e. The molecular formula is C25H21N3O2S. The Labute approximate surface area is 184 Å². The highest BCUT2D eigenvalue weighted by molar-refractivity contribution is 7.14. The second-order valence-electron chi connectivity index (χ2n) is 7.64. The molecule has 5 nitrogen and oxygen atoms in total. The number of carbonyl (C=O) groups excluding carboxylic acids is 1. The van der Waals surface area contributed by atoms with E-state index >= 15 is 0 Å². The second-order valence-corrected chi connectivity index (χ2v) is 8.48. The summed E-state index contributed by atoms with van der Waals surface area (Å²) in [6, 6.07) is 20.7. The van der Waals surface area contributed by atoms with Gasteiger partial charge in [-0.25, -0.2) is 4.98 Å². The largest absolute Gasteiger partial charge is 0.508 e. The number of benzene rings is 3. The molecule has 1 atom stereocenters. The normalized spacial score (nSPS) is 15.5. The van der Waals surface area contributed by atoms with Crippen molar-refractivity contribution >= 4 is 28.1 Å². The average molecular weight is 428 g/mol. The fraction of sp³-hybridized carbons (Fsp3) is 0.120. The van der Waals surface area contributed by atoms with Crippen LogP contribution in [0.5, 0.6) is 5.75 Å². The molecule has 0 saturated heterocycles. The van der Waals surface area contributed by atoms with Crippen molar-refractivity contribution < 1.29 is 9.90 Å². The number of aryl methyl sites for hydroxylation is 2. The van der Waals surface area contributed by atoms with Gasteiger partial charge >= 0.3 is 0 Å². The van der Waals surface area contributed by atoms with Gasteiger partial charge in [-0.1, -0.05) is 42.5 Å². The van der Waals surface area contributed by atoms with Crippen LogP contribution < -0.4 is 10.2 Å². The van der Waals surface area contributed by atoms with Gasteiger partial charge in [0.05, 0.1) is 11.3 Å². The number of rotatable bonds is 3. The first kappa shape index (κ1) is 19.3. The van der Waals surface area contributed by atoms with E-state index in [-0.39, 0.29) is 11.7 Å². The summed E-state index contributed by atoms with van der Waals surface area (Å²) in [5, 5.41) is 16.5. The van der Waals surface area contributed by atoms with Gasteiger partial charge in [0.25, 0.3) is 5.91 Å². The van der Waals surface area contributed by atoms with Gasteiger partial charge in [-0.3, -0.25) is 9.69 Å². The molecule has 1 aromatic heterocycles. The number of fused-ring (bicyclic) bond motifs is 1. The number of hydrogen-bond acceptors (Lipinski definition) is 5. The van der Waals surface area contributed by atoms with Crippen molar-refractivity contribution in [2.24, 2.45) is 0 Å². The molecule has 4 aromatic rings. The van der Waals surface area contributed by atoms with Crippen LogP contribution in [0.3, 0.4) is 0 Å². The molecule has 31 heavy (non-hydrogen) atoms. The fourth-order valence-corrected chi connectivity index (χ4v) is 4.65. The Morgan fingerprint density at radius 1 is 1.00 bits per heavy atom. The predicted octanol–water partition coefficient (Wildman–Crippen LogP) is 5.90. The first-order valence-corrected chi connectivity index (χ1v) is 10.9. The lowest BCUT2D eigenvalue weighted by molar-refractivity contribution is 0.0974. The molecule has 0 bridgehead atoms. The summed E-state index contributed by atoms with van der Waals surface area (Å²) >= 11 is 1.42. The van der Waals surface area contributed by atoms with Gasteiger partial charge in [-0.2, -0.15) is 0 Å². The van der Waals surface area contributed by atoms with E-state index in [1.807, 2.05) is 41.8 Å². The predicted molar refractivity (Wildman–Crippen MR) is 125 cm³/mol. The number of nitrogens with zero attached hydrogens (tertiary/aromatic N) is 2. The minimum absolute atomic E-state index is 0.128. The lowest BCUT2D eigenvalue weighted by Crippen LogP contribution is -2.43. The van der Waals surface area contributed by atoms with Crippen LogP contribution in [0.15, 0.2) is 72.1 Å². The molecule has 1 aliphatic rings. The summed E-state index contributed by atoms with van der Waals surface area (Å²) in [6.45, 7) is 4.16. The Bertz CT molecular complexity index is 1300. The summed E-state index contributed by atoms with van der Waals surface area (Å²) in [6.07, 6.45) is -0.567. The zero-order chi connectivity index (χ0) is 21.5. The molecule has 1 amide bonds. The Kier molecular flexibility index (Phi) is 4.71. The number of anilines is 2. The van der Waals surface area contributed by atoms with E-state index in [1.54, 1.807) is 23.1 Å². The van der Waals surface area contributed by atoms with Crippen molar-refractivity contribution in [3.63, 3.8) is 0 Å². The maximum Gasteiger partial charge on any atom is 0.264 e. The van der Waals surface area contributed by atoms with Crippen LogP contribution in [0.2, 0.25) is 0 Å². The average Bonchev–Trinajstić information content (AvgIpc) is 3.26. The van der Waals surface area contributed by atoms with Crippen molar-refractivity contribution in [1.82, 2.24) is 4.98 Å². The molecule has 0 radical (unpaired) electrons. The molecule has 0 aliphatic carbocycles. The number of carbonyl (C=O) groups is 1. The number of aromatic hydroxyl groups is 1. The van der Waals surface area contributed by atoms with Gasteiger partial charge in [0, 0.05) is 22.2 Å². The zero-order valence-corrected chi connectivity index (χ0v) is 18.0. The molecule has 0 spiro atoms. The molecule has 2 N–H and O–H groups in total. The van der Waals surface area contributed by atoms with Crippen molar-refractivity contribution in [2.75, 3.05) is 10.2 Å². The van der Waals surface area contributed by atoms with E-state index in [4.69, 9.17) is 4.98 Å². The molecule has 2 heterocycles. The van der Waals surface area contributed by atoms with Crippen LogP contribution in [0.25, 0.3) is 11.3 Å². The van der Waals surface area contributed by atoms with Crippen LogP contribution in [-0.4, -0.2) is 16.0 Å². The molecule has 0 saturated carbocycles. The molecule has 0 fully saturated rings. The van der Waals surface area contributed by atoms with Crippen LogP contribution in [-0.2, 0) is 0 Å². The molecule has 3 aromatic carbocycles. The number of thiazole rings is 1. The van der Waals surface area contributed by atoms with E-state index in [2.05, 4.69) is 31.3 Å². The molecule has 5 rings (SSSR count). The number of aromatic nitrogens is 1. The number of phenolic OH excluding ortho intramolecular Hbond substituents is 1. The van der Waals surface area contributed by atoms with Crippen molar-refractivity contribution in [3.05, 3.63) is 94.4 Å². The standard InChI is InChI=1S/C25H21N3O2S/c1-15-11-12-17(13-16(15)2)21-14-31-25(27-21)28-23(19-8-4-6-10-22(19)29)26-20-9-5-3-7-18(20)24(28)30/h3-14,23,26,29H,1-2H3/t23-/m0/s1. The Morgan fingerprint density at radius 2 is 1.77 bits per heavy atom. The van der Waals surface area contributed by atoms with Crippen molar-refractivity contribution in [2.45, 2.75) is 20.0 Å². The topological polar surface area (TPSA) is 65.5 Å². The number of phenols is 1. The third-order valence-corrected chi connectivity index (χ3v) is 6.50. The van der Waals surface area contributed by atoms with Crippen LogP contribution in [0, 0.1) is 13.8 Å². The van der Waals surface area contributed by atoms with E-state index in [0.29, 0.717) is 16.3 Å². The molecule has 6 heteroatoms. The minimum Gasteiger partial charge on any atom is -0.508 e. The molecule has 154 valence electrons. The Hall–Kier alpha value is -3.64. The fourth-order valence-electron chi connectivity index (χ4n) is 3.80. The highest BCUT2D eigenvalue weighted by Crippen LogP contribution is 2.41. The van der Waals surface area contributed by atoms with Crippen molar-refractivity contribution in [1.29, 1.82) is 0 Å². The summed E-state index contributed by atoms with van der Waals surface area (Å²) < 4.78 is 0. The lowest BCUT2D eigenvalue weighted by atomic mass is 10.0. The van der Waals surface area contributed by atoms with Crippen molar-refractivity contribution in [3.8, 4) is 17.0 Å². The van der Waals surface area contributed by atoms with Gasteiger partial charge in [0.2, 0.25) is 0 Å². The lowest BCUT2D eigenvalue weighted by Gasteiger charge is -2.36. The highest BCUT2D eigenvalue weighted by Gasteiger charge is 2.36. The number of nitrogens with one attached hydrogen (secondary N) is 1. The van der Waals surface area contributed by atoms with Gasteiger partial charge < -0.3 is 10.4 Å². The maximum absolute atomic E-state index is 13.5. The van der Waals surface area contributed by atoms with E-state index in [9.17, 15) is 9.90 Å². The summed E-state index contributed by atoms with van der Waals surface area (Å²) in [7, 11) is 0. The minimum atomic E-state index is -0.567. The third-order valence-electron chi connectivity index (χ3n) is 5.66. The number of hydrogen-bond donors (Lipinski definition) is 2. The van der Waals surface area contributed by atoms with Crippen LogP contribution in [0.1, 0.15) is 33.2 Å². The summed E-state index contributed by atoms with van der Waals surface area (Å²) in [5.41, 5.74) is 6.20. The van der Waals surface area contributed by atoms with Gasteiger partial charge in [0.15, 0.2) is 5.13 Å². The summed E-state index contributed by atoms with van der Waals surface area (Å²) in [4.78, 5) is 20.0. The molecular weight excluding hydrogens is 406 g/mol. The van der Waals surface area contributed by atoms with Gasteiger partial charge in [-0.05, 0) is 49.2 Å². The van der Waals surface area contributed by atoms with E-state index in [1.165, 1.54) is 22.5 Å². The highest BCUT2D eigenvalue weighted by atomic mass is 32.1. The van der Waals surface area contributed by atoms with E-state index < -0.39 is 6.17 Å². The van der Waals surface area contributed by atoms with Gasteiger partial charge in [-0.15, -0.1) is 11.3 Å². The monoisotopic (exact) mass is 427 g/mol. The zero-order valence-electron chi connectivity index (χ0n) is 17.2. The first-order chi connectivity index (χ1) is 15.0. The van der Waals surface area contributed by atoms with E-state index in [0.717, 1.165) is 16.9 Å². The Morgan fingerprint density at radius 3 is 2.58 bits per heavy atom. The van der Waals surface area contributed by atoms with Gasteiger partial charge in [0.1, 0.15) is 11.9 Å². The third kappa shape index (κ3) is 3.35.